The van der Waals surface area contributed by atoms with Crippen LogP contribution in [0.15, 0.2) is 53.0 Å². The van der Waals surface area contributed by atoms with Crippen LogP contribution < -0.4 is 10.6 Å². The molecular weight excluding hydrogens is 324 g/mol. The molecule has 0 saturated heterocycles. The lowest BCUT2D eigenvalue weighted by molar-refractivity contribution is 0.450. The van der Waals surface area contributed by atoms with Gasteiger partial charge in [0.25, 0.3) is 0 Å². The Hall–Kier alpha value is -1.32. The molecule has 2 N–H and O–H groups in total. The topological polar surface area (TPSA) is 29.3 Å². The van der Waals surface area contributed by atoms with E-state index in [2.05, 4.69) is 90.3 Å². The second kappa shape index (κ2) is 6.63. The third-order valence-corrected chi connectivity index (χ3v) is 4.70. The third-order valence-electron chi connectivity index (χ3n) is 4.17. The van der Waals surface area contributed by atoms with Gasteiger partial charge in [0, 0.05) is 23.8 Å². The van der Waals surface area contributed by atoms with E-state index in [1.807, 2.05) is 0 Å². The number of anilines is 1. The molecule has 1 unspecified atom stereocenters. The molecule has 0 spiro atoms. The second-order valence-electron chi connectivity index (χ2n) is 5.90. The van der Waals surface area contributed by atoms with Gasteiger partial charge in [-0.05, 0) is 50.1 Å². The summed E-state index contributed by atoms with van der Waals surface area (Å²) in [6, 6.07) is 17.1. The molecule has 0 aromatic heterocycles. The summed E-state index contributed by atoms with van der Waals surface area (Å²) in [4.78, 5) is 2.29. The Labute approximate surface area is 136 Å². The maximum atomic E-state index is 6.10. The van der Waals surface area contributed by atoms with Crippen LogP contribution >= 0.6 is 15.9 Å². The van der Waals surface area contributed by atoms with Gasteiger partial charge in [0.1, 0.15) is 0 Å². The summed E-state index contributed by atoms with van der Waals surface area (Å²) >= 11 is 3.48. The van der Waals surface area contributed by atoms with Gasteiger partial charge in [0.05, 0.1) is 5.54 Å². The van der Waals surface area contributed by atoms with Gasteiger partial charge in [0.15, 0.2) is 0 Å². The van der Waals surface area contributed by atoms with Crippen LogP contribution in [-0.4, -0.2) is 19.1 Å². The van der Waals surface area contributed by atoms with Gasteiger partial charge in [-0.25, -0.2) is 0 Å². The summed E-state index contributed by atoms with van der Waals surface area (Å²) < 4.78 is 1.10. The Balaban J connectivity index is 2.23. The summed E-state index contributed by atoms with van der Waals surface area (Å²) in [5.74, 6) is 0. The first-order valence-electron chi connectivity index (χ1n) is 7.20. The average Bonchev–Trinajstić information content (AvgIpc) is 2.49. The normalized spacial score (nSPS) is 13.8. The van der Waals surface area contributed by atoms with Crippen LogP contribution in [0.4, 0.5) is 5.69 Å². The maximum absolute atomic E-state index is 6.10. The number of hydrogen-bond acceptors (Lipinski definition) is 2. The lowest BCUT2D eigenvalue weighted by Gasteiger charge is -2.40. The van der Waals surface area contributed by atoms with E-state index >= 15 is 0 Å². The molecule has 0 bridgehead atoms. The van der Waals surface area contributed by atoms with E-state index in [-0.39, 0.29) is 5.54 Å². The number of benzene rings is 2. The van der Waals surface area contributed by atoms with Crippen molar-refractivity contribution in [3.8, 4) is 0 Å². The summed E-state index contributed by atoms with van der Waals surface area (Å²) in [5, 5.41) is 0. The Morgan fingerprint density at radius 3 is 2.14 bits per heavy atom. The van der Waals surface area contributed by atoms with Crippen molar-refractivity contribution in [1.29, 1.82) is 0 Å². The highest BCUT2D eigenvalue weighted by atomic mass is 79.9. The largest absolute Gasteiger partial charge is 0.368 e. The van der Waals surface area contributed by atoms with Crippen LogP contribution in [0.2, 0.25) is 0 Å². The van der Waals surface area contributed by atoms with Gasteiger partial charge >= 0.3 is 0 Å². The molecule has 0 aliphatic carbocycles. The van der Waals surface area contributed by atoms with Crippen molar-refractivity contribution >= 4 is 21.6 Å². The number of nitrogens with zero attached hydrogens (tertiary/aromatic N) is 1. The number of halogens is 1. The quantitative estimate of drug-likeness (QED) is 0.880. The highest BCUT2D eigenvalue weighted by molar-refractivity contribution is 9.10. The molecule has 112 valence electrons. The minimum Gasteiger partial charge on any atom is -0.368 e. The van der Waals surface area contributed by atoms with E-state index in [9.17, 15) is 0 Å². The van der Waals surface area contributed by atoms with E-state index in [0.717, 1.165) is 10.9 Å². The van der Waals surface area contributed by atoms with Crippen molar-refractivity contribution in [2.45, 2.75) is 25.8 Å². The van der Waals surface area contributed by atoms with E-state index in [1.54, 1.807) is 0 Å². The number of aryl methyl sites for hydroxylation is 1. The summed E-state index contributed by atoms with van der Waals surface area (Å²) in [6.07, 6.45) is 0.918. The van der Waals surface area contributed by atoms with Gasteiger partial charge < -0.3 is 10.6 Å². The molecular formula is C18H23BrN2. The van der Waals surface area contributed by atoms with Crippen molar-refractivity contribution in [2.75, 3.05) is 18.5 Å². The predicted molar refractivity (Wildman–Crippen MR) is 94.9 cm³/mol. The van der Waals surface area contributed by atoms with Crippen LogP contribution in [0.3, 0.4) is 0 Å². The second-order valence-corrected chi connectivity index (χ2v) is 6.81. The molecule has 0 heterocycles. The van der Waals surface area contributed by atoms with Crippen LogP contribution in [0.25, 0.3) is 0 Å². The van der Waals surface area contributed by atoms with Crippen LogP contribution in [-0.2, 0) is 6.42 Å². The fraction of sp³-hybridized carbons (Fsp3) is 0.333. The van der Waals surface area contributed by atoms with E-state index in [4.69, 9.17) is 5.73 Å². The Morgan fingerprint density at radius 2 is 1.62 bits per heavy atom. The summed E-state index contributed by atoms with van der Waals surface area (Å²) in [6.45, 7) is 4.93. The lowest BCUT2D eigenvalue weighted by atomic mass is 9.90. The smallest absolute Gasteiger partial charge is 0.0533 e. The zero-order chi connectivity index (χ0) is 15.5. The number of nitrogens with two attached hydrogens (primary N) is 1. The van der Waals surface area contributed by atoms with Gasteiger partial charge in [-0.1, -0.05) is 45.8 Å². The molecule has 0 fully saturated rings. The van der Waals surface area contributed by atoms with Crippen LogP contribution in [0.5, 0.6) is 0 Å². The predicted octanol–water partition coefficient (Wildman–Crippen LogP) is 4.15. The van der Waals surface area contributed by atoms with Crippen LogP contribution in [0, 0.1) is 6.92 Å². The Bertz CT molecular complexity index is 577. The van der Waals surface area contributed by atoms with Gasteiger partial charge in [-0.2, -0.15) is 0 Å². The van der Waals surface area contributed by atoms with Crippen molar-refractivity contribution in [2.24, 2.45) is 5.73 Å². The van der Waals surface area contributed by atoms with Crippen molar-refractivity contribution in [3.05, 3.63) is 64.1 Å². The maximum Gasteiger partial charge on any atom is 0.0533 e. The number of rotatable bonds is 5. The monoisotopic (exact) mass is 346 g/mol. The summed E-state index contributed by atoms with van der Waals surface area (Å²) in [5.41, 5.74) is 9.76. The standard InChI is InChI=1S/C18H23BrN2/c1-14-4-10-17(11-5-14)21(3)18(2,13-20)12-15-6-8-16(19)9-7-15/h4-11H,12-13,20H2,1-3H3. The molecule has 2 nitrogen and oxygen atoms in total. The first kappa shape index (κ1) is 16.1. The molecule has 0 aliphatic rings. The zero-order valence-corrected chi connectivity index (χ0v) is 14.5. The van der Waals surface area contributed by atoms with Gasteiger partial charge in [-0.3, -0.25) is 0 Å². The van der Waals surface area contributed by atoms with E-state index in [1.165, 1.54) is 16.8 Å². The van der Waals surface area contributed by atoms with Crippen molar-refractivity contribution in [3.63, 3.8) is 0 Å². The van der Waals surface area contributed by atoms with Gasteiger partial charge in [-0.15, -0.1) is 0 Å². The molecule has 2 aromatic rings. The Kier molecular flexibility index (Phi) is 5.07. The van der Waals surface area contributed by atoms with Crippen LogP contribution in [0.1, 0.15) is 18.1 Å². The highest BCUT2D eigenvalue weighted by Gasteiger charge is 2.28. The van der Waals surface area contributed by atoms with Crippen molar-refractivity contribution in [1.82, 2.24) is 0 Å². The minimum absolute atomic E-state index is 0.108. The van der Waals surface area contributed by atoms with E-state index in [0.29, 0.717) is 6.54 Å². The fourth-order valence-electron chi connectivity index (χ4n) is 2.45. The lowest BCUT2D eigenvalue weighted by Crippen LogP contribution is -2.51. The molecule has 0 saturated carbocycles. The number of hydrogen-bond donors (Lipinski definition) is 1. The molecule has 2 rings (SSSR count). The van der Waals surface area contributed by atoms with E-state index < -0.39 is 0 Å². The fourth-order valence-corrected chi connectivity index (χ4v) is 2.71. The first-order valence-corrected chi connectivity index (χ1v) is 7.99. The molecule has 0 aliphatic heterocycles. The SMILES string of the molecule is Cc1ccc(N(C)C(C)(CN)Cc2ccc(Br)cc2)cc1. The highest BCUT2D eigenvalue weighted by Crippen LogP contribution is 2.26. The molecule has 0 amide bonds. The minimum atomic E-state index is -0.108. The molecule has 0 radical (unpaired) electrons. The molecule has 2 aromatic carbocycles. The average molecular weight is 347 g/mol. The molecule has 3 heteroatoms. The number of likely N-dealkylation sites (N-methyl/N-ethyl adjacent to an activating group) is 1. The molecule has 21 heavy (non-hydrogen) atoms. The Morgan fingerprint density at radius 1 is 1.05 bits per heavy atom. The van der Waals surface area contributed by atoms with Crippen molar-refractivity contribution < 1.29 is 0 Å². The van der Waals surface area contributed by atoms with Gasteiger partial charge in [0.2, 0.25) is 0 Å². The first-order chi connectivity index (χ1) is 9.94. The summed E-state index contributed by atoms with van der Waals surface area (Å²) in [7, 11) is 2.12. The molecule has 1 atom stereocenters. The zero-order valence-electron chi connectivity index (χ0n) is 12.9. The third kappa shape index (κ3) is 3.86.